The highest BCUT2D eigenvalue weighted by atomic mass is 16.2. The largest absolute Gasteiger partial charge is 0.360 e. The van der Waals surface area contributed by atoms with Gasteiger partial charge in [0.1, 0.15) is 0 Å². The number of para-hydroxylation sites is 1. The maximum atomic E-state index is 12.5. The molecule has 1 aliphatic heterocycles. The summed E-state index contributed by atoms with van der Waals surface area (Å²) in [6, 6.07) is 7.88. The molecule has 1 N–H and O–H groups in total. The lowest BCUT2D eigenvalue weighted by molar-refractivity contribution is 0.0462. The first-order valence-electron chi connectivity index (χ1n) is 7.01. The lowest BCUT2D eigenvalue weighted by Gasteiger charge is -2.39. The van der Waals surface area contributed by atoms with E-state index in [1.54, 1.807) is 12.4 Å². The SMILES string of the molecule is O=C(c1c[nH]c2ccccc12)N1CC(Cn2ccnn2)C1. The van der Waals surface area contributed by atoms with Crippen LogP contribution >= 0.6 is 0 Å². The maximum absolute atomic E-state index is 12.5. The molecular weight excluding hydrogens is 266 g/mol. The van der Waals surface area contributed by atoms with Gasteiger partial charge in [0.05, 0.1) is 11.8 Å². The van der Waals surface area contributed by atoms with Crippen LogP contribution in [-0.4, -0.2) is 43.9 Å². The van der Waals surface area contributed by atoms with Gasteiger partial charge in [0.25, 0.3) is 5.91 Å². The number of nitrogens with zero attached hydrogens (tertiary/aromatic N) is 4. The first-order chi connectivity index (χ1) is 10.3. The number of likely N-dealkylation sites (tertiary alicyclic amines) is 1. The summed E-state index contributed by atoms with van der Waals surface area (Å²) in [6.07, 6.45) is 5.33. The fourth-order valence-electron chi connectivity index (χ4n) is 2.86. The van der Waals surface area contributed by atoms with E-state index in [2.05, 4.69) is 15.3 Å². The third kappa shape index (κ3) is 2.08. The number of H-pyrrole nitrogens is 1. The Morgan fingerprint density at radius 3 is 3.00 bits per heavy atom. The molecular formula is C15H15N5O. The molecule has 4 rings (SSSR count). The molecule has 21 heavy (non-hydrogen) atoms. The molecule has 0 spiro atoms. The van der Waals surface area contributed by atoms with Gasteiger partial charge in [-0.3, -0.25) is 9.48 Å². The van der Waals surface area contributed by atoms with Gasteiger partial charge in [-0.25, -0.2) is 0 Å². The minimum atomic E-state index is 0.0993. The summed E-state index contributed by atoms with van der Waals surface area (Å²) >= 11 is 0. The molecule has 6 heteroatoms. The monoisotopic (exact) mass is 281 g/mol. The third-order valence-electron chi connectivity index (χ3n) is 3.98. The maximum Gasteiger partial charge on any atom is 0.256 e. The second-order valence-corrected chi connectivity index (χ2v) is 5.45. The van der Waals surface area contributed by atoms with Gasteiger partial charge in [0.2, 0.25) is 0 Å². The first-order valence-corrected chi connectivity index (χ1v) is 7.01. The van der Waals surface area contributed by atoms with Gasteiger partial charge in [0.15, 0.2) is 0 Å². The van der Waals surface area contributed by atoms with Crippen LogP contribution < -0.4 is 0 Å². The van der Waals surface area contributed by atoms with Crippen molar-refractivity contribution in [2.24, 2.45) is 5.92 Å². The van der Waals surface area contributed by atoms with Crippen molar-refractivity contribution in [2.45, 2.75) is 6.54 Å². The Kier molecular flexibility index (Phi) is 2.73. The molecule has 3 heterocycles. The molecule has 0 radical (unpaired) electrons. The van der Waals surface area contributed by atoms with Crippen molar-refractivity contribution in [3.63, 3.8) is 0 Å². The van der Waals surface area contributed by atoms with Crippen LogP contribution in [0.5, 0.6) is 0 Å². The Balaban J connectivity index is 1.45. The smallest absolute Gasteiger partial charge is 0.256 e. The second kappa shape index (κ2) is 4.73. The number of aromatic nitrogens is 4. The number of hydrogen-bond acceptors (Lipinski definition) is 3. The number of carbonyl (C=O) groups excluding carboxylic acids is 1. The van der Waals surface area contributed by atoms with Crippen molar-refractivity contribution in [1.29, 1.82) is 0 Å². The average molecular weight is 281 g/mol. The van der Waals surface area contributed by atoms with Crippen LogP contribution in [0, 0.1) is 5.92 Å². The van der Waals surface area contributed by atoms with Crippen molar-refractivity contribution in [1.82, 2.24) is 24.9 Å². The van der Waals surface area contributed by atoms with E-state index < -0.39 is 0 Å². The molecule has 0 aliphatic carbocycles. The summed E-state index contributed by atoms with van der Waals surface area (Å²) in [7, 11) is 0. The fourth-order valence-corrected chi connectivity index (χ4v) is 2.86. The Labute approximate surface area is 121 Å². The lowest BCUT2D eigenvalue weighted by Crippen LogP contribution is -2.51. The number of carbonyl (C=O) groups is 1. The van der Waals surface area contributed by atoms with Crippen molar-refractivity contribution in [3.05, 3.63) is 48.4 Å². The van der Waals surface area contributed by atoms with E-state index in [1.165, 1.54) is 0 Å². The normalized spacial score (nSPS) is 15.3. The molecule has 6 nitrogen and oxygen atoms in total. The zero-order valence-corrected chi connectivity index (χ0v) is 11.4. The molecule has 2 aromatic heterocycles. The minimum Gasteiger partial charge on any atom is -0.360 e. The van der Waals surface area contributed by atoms with Crippen LogP contribution in [0.3, 0.4) is 0 Å². The number of rotatable bonds is 3. The number of fused-ring (bicyclic) bond motifs is 1. The zero-order chi connectivity index (χ0) is 14.2. The second-order valence-electron chi connectivity index (χ2n) is 5.45. The number of amides is 1. The highest BCUT2D eigenvalue weighted by molar-refractivity contribution is 6.06. The van der Waals surface area contributed by atoms with Crippen molar-refractivity contribution < 1.29 is 4.79 Å². The molecule has 1 amide bonds. The Morgan fingerprint density at radius 2 is 2.19 bits per heavy atom. The van der Waals surface area contributed by atoms with E-state index >= 15 is 0 Å². The van der Waals surface area contributed by atoms with E-state index in [0.29, 0.717) is 5.92 Å². The van der Waals surface area contributed by atoms with Crippen LogP contribution in [0.1, 0.15) is 10.4 Å². The van der Waals surface area contributed by atoms with Crippen LogP contribution in [0.25, 0.3) is 10.9 Å². The topological polar surface area (TPSA) is 66.8 Å². The summed E-state index contributed by atoms with van der Waals surface area (Å²) in [4.78, 5) is 17.6. The highest BCUT2D eigenvalue weighted by Crippen LogP contribution is 2.24. The van der Waals surface area contributed by atoms with Gasteiger partial charge < -0.3 is 9.88 Å². The van der Waals surface area contributed by atoms with E-state index in [1.807, 2.05) is 40.0 Å². The van der Waals surface area contributed by atoms with Crippen LogP contribution in [0.4, 0.5) is 0 Å². The number of hydrogen-bond donors (Lipinski definition) is 1. The standard InChI is InChI=1S/C15H15N5O/c21-15(13-7-16-14-4-2-1-3-12(13)14)19-8-11(9-19)10-20-6-5-17-18-20/h1-7,11,16H,8-10H2. The Morgan fingerprint density at radius 1 is 1.33 bits per heavy atom. The molecule has 0 unspecified atom stereocenters. The van der Waals surface area contributed by atoms with E-state index in [9.17, 15) is 4.79 Å². The molecule has 3 aromatic rings. The number of nitrogens with one attached hydrogen (secondary N) is 1. The van der Waals surface area contributed by atoms with Crippen molar-refractivity contribution in [3.8, 4) is 0 Å². The quantitative estimate of drug-likeness (QED) is 0.791. The third-order valence-corrected chi connectivity index (χ3v) is 3.98. The van der Waals surface area contributed by atoms with E-state index in [0.717, 1.165) is 36.1 Å². The predicted molar refractivity (Wildman–Crippen MR) is 77.7 cm³/mol. The lowest BCUT2D eigenvalue weighted by atomic mass is 9.98. The molecule has 1 aromatic carbocycles. The zero-order valence-electron chi connectivity index (χ0n) is 11.4. The Bertz CT molecular complexity index is 770. The Hall–Kier alpha value is -2.63. The highest BCUT2D eigenvalue weighted by Gasteiger charge is 2.32. The minimum absolute atomic E-state index is 0.0993. The van der Waals surface area contributed by atoms with Gasteiger partial charge >= 0.3 is 0 Å². The molecule has 0 atom stereocenters. The van der Waals surface area contributed by atoms with Gasteiger partial charge in [-0.1, -0.05) is 23.4 Å². The summed E-state index contributed by atoms with van der Waals surface area (Å²) in [5, 5.41) is 8.74. The first kappa shape index (κ1) is 12.1. The molecule has 1 aliphatic rings. The van der Waals surface area contributed by atoms with Crippen LogP contribution in [0.15, 0.2) is 42.9 Å². The summed E-state index contributed by atoms with van der Waals surface area (Å²) in [5.41, 5.74) is 1.75. The summed E-state index contributed by atoms with van der Waals surface area (Å²) in [5.74, 6) is 0.558. The average Bonchev–Trinajstić information content (AvgIpc) is 3.11. The number of benzene rings is 1. The summed E-state index contributed by atoms with van der Waals surface area (Å²) < 4.78 is 1.82. The van der Waals surface area contributed by atoms with Gasteiger partial charge in [0, 0.05) is 48.8 Å². The molecule has 1 fully saturated rings. The molecule has 0 bridgehead atoms. The van der Waals surface area contributed by atoms with Gasteiger partial charge in [-0.05, 0) is 6.07 Å². The summed E-state index contributed by atoms with van der Waals surface area (Å²) in [6.45, 7) is 2.37. The van der Waals surface area contributed by atoms with Crippen LogP contribution in [-0.2, 0) is 6.54 Å². The molecule has 0 saturated carbocycles. The number of aromatic amines is 1. The molecule has 1 saturated heterocycles. The predicted octanol–water partition coefficient (Wildman–Crippen LogP) is 1.53. The van der Waals surface area contributed by atoms with E-state index in [-0.39, 0.29) is 5.91 Å². The van der Waals surface area contributed by atoms with Gasteiger partial charge in [-0.15, -0.1) is 5.10 Å². The van der Waals surface area contributed by atoms with Crippen molar-refractivity contribution in [2.75, 3.05) is 13.1 Å². The fraction of sp³-hybridized carbons (Fsp3) is 0.267. The van der Waals surface area contributed by atoms with Crippen molar-refractivity contribution >= 4 is 16.8 Å². The van der Waals surface area contributed by atoms with Crippen LogP contribution in [0.2, 0.25) is 0 Å². The van der Waals surface area contributed by atoms with E-state index in [4.69, 9.17) is 0 Å². The van der Waals surface area contributed by atoms with Gasteiger partial charge in [-0.2, -0.15) is 0 Å². The molecule has 106 valence electrons.